The van der Waals surface area contributed by atoms with Crippen LogP contribution in [0.4, 0.5) is 0 Å². The summed E-state index contributed by atoms with van der Waals surface area (Å²) in [5, 5.41) is 4.84. The van der Waals surface area contributed by atoms with Gasteiger partial charge in [-0.1, -0.05) is 53.5 Å². The van der Waals surface area contributed by atoms with Gasteiger partial charge in [0.2, 0.25) is 0 Å². The van der Waals surface area contributed by atoms with Gasteiger partial charge in [-0.15, -0.1) is 0 Å². The van der Waals surface area contributed by atoms with Crippen molar-refractivity contribution in [1.82, 2.24) is 9.78 Å². The number of benzene rings is 1. The van der Waals surface area contributed by atoms with Crippen LogP contribution in [0, 0.1) is 0 Å². The van der Waals surface area contributed by atoms with Crippen molar-refractivity contribution in [2.75, 3.05) is 0 Å². The predicted octanol–water partition coefficient (Wildman–Crippen LogP) is 4.28. The molecule has 2 rings (SSSR count). The maximum Gasteiger partial charge on any atom is 0.155 e. The lowest BCUT2D eigenvalue weighted by Crippen LogP contribution is -2.03. The number of hydrogen-bond acceptors (Lipinski definition) is 2. The maximum absolute atomic E-state index is 11.1. The molecule has 1 aromatic carbocycles. The van der Waals surface area contributed by atoms with E-state index >= 15 is 0 Å². The summed E-state index contributed by atoms with van der Waals surface area (Å²) in [6, 6.07) is 7.93. The van der Waals surface area contributed by atoms with Gasteiger partial charge in [-0.2, -0.15) is 5.10 Å². The molecular weight excluding hydrogens is 328 g/mol. The monoisotopic (exact) mass is 340 g/mol. The molecule has 0 radical (unpaired) electrons. The molecule has 3 nitrogen and oxygen atoms in total. The summed E-state index contributed by atoms with van der Waals surface area (Å²) in [5.41, 5.74) is 2.31. The van der Waals surface area contributed by atoms with E-state index in [9.17, 15) is 4.79 Å². The first kappa shape index (κ1) is 14.3. The van der Waals surface area contributed by atoms with Crippen LogP contribution in [0.3, 0.4) is 0 Å². The van der Waals surface area contributed by atoms with Gasteiger partial charge in [-0.3, -0.25) is 4.79 Å². The van der Waals surface area contributed by atoms with Gasteiger partial charge in [-0.05, 0) is 23.6 Å². The lowest BCUT2D eigenvalue weighted by Gasteiger charge is -2.04. The number of rotatable bonds is 4. The van der Waals surface area contributed by atoms with Gasteiger partial charge in [0.25, 0.3) is 0 Å². The largest absolute Gasteiger partial charge is 0.298 e. The third-order valence-corrected chi connectivity index (χ3v) is 3.73. The zero-order valence-electron chi connectivity index (χ0n) is 10.7. The van der Waals surface area contributed by atoms with Crippen LogP contribution in [0.15, 0.2) is 28.7 Å². The Morgan fingerprint density at radius 2 is 2.21 bits per heavy atom. The van der Waals surface area contributed by atoms with Crippen molar-refractivity contribution in [3.63, 3.8) is 0 Å². The molecule has 0 unspecified atom stereocenters. The molecule has 19 heavy (non-hydrogen) atoms. The normalized spacial score (nSPS) is 11.0. The van der Waals surface area contributed by atoms with Crippen molar-refractivity contribution in [2.45, 2.75) is 26.3 Å². The fraction of sp³-hybridized carbons (Fsp3) is 0.286. The van der Waals surface area contributed by atoms with Gasteiger partial charge in [0.1, 0.15) is 5.15 Å². The van der Waals surface area contributed by atoms with Crippen LogP contribution in [0.2, 0.25) is 5.15 Å². The summed E-state index contributed by atoms with van der Waals surface area (Å²) in [6.07, 6.45) is 0.780. The van der Waals surface area contributed by atoms with Crippen LogP contribution in [0.25, 0.3) is 0 Å². The first-order chi connectivity index (χ1) is 9.02. The average molecular weight is 342 g/mol. The molecule has 2 aromatic rings. The number of nitrogens with zero attached hydrogens (tertiary/aromatic N) is 2. The Kier molecular flexibility index (Phi) is 4.42. The van der Waals surface area contributed by atoms with Gasteiger partial charge in [0.15, 0.2) is 6.29 Å². The van der Waals surface area contributed by atoms with E-state index in [1.165, 1.54) is 0 Å². The minimum atomic E-state index is 0.168. The van der Waals surface area contributed by atoms with Crippen LogP contribution >= 0.6 is 27.5 Å². The maximum atomic E-state index is 11.1. The fourth-order valence-corrected chi connectivity index (χ4v) is 2.61. The van der Waals surface area contributed by atoms with Crippen molar-refractivity contribution in [3.05, 3.63) is 50.7 Å². The van der Waals surface area contributed by atoms with E-state index in [2.05, 4.69) is 21.0 Å². The molecule has 0 saturated heterocycles. The van der Waals surface area contributed by atoms with Gasteiger partial charge in [0.05, 0.1) is 17.8 Å². The standard InChI is InChI=1S/C14H14BrClN2O/c1-9(2)13-12(8-19)14(16)18(17-13)7-10-4-3-5-11(15)6-10/h3-6,8-9H,7H2,1-2H3. The quantitative estimate of drug-likeness (QED) is 0.778. The smallest absolute Gasteiger partial charge is 0.155 e. The Balaban J connectivity index is 2.38. The molecule has 0 N–H and O–H groups in total. The number of carbonyl (C=O) groups excluding carboxylic acids is 1. The second-order valence-corrected chi connectivity index (χ2v) is 5.92. The van der Waals surface area contributed by atoms with Crippen LogP contribution in [-0.2, 0) is 6.54 Å². The Morgan fingerprint density at radius 3 is 2.74 bits per heavy atom. The lowest BCUT2D eigenvalue weighted by atomic mass is 10.1. The highest BCUT2D eigenvalue weighted by Crippen LogP contribution is 2.25. The van der Waals surface area contributed by atoms with E-state index in [1.54, 1.807) is 4.68 Å². The molecule has 100 valence electrons. The van der Waals surface area contributed by atoms with Gasteiger partial charge in [-0.25, -0.2) is 4.68 Å². The zero-order valence-corrected chi connectivity index (χ0v) is 13.1. The number of aldehydes is 1. The summed E-state index contributed by atoms with van der Waals surface area (Å²) >= 11 is 9.65. The van der Waals surface area contributed by atoms with E-state index in [1.807, 2.05) is 38.1 Å². The minimum absolute atomic E-state index is 0.168. The highest BCUT2D eigenvalue weighted by molar-refractivity contribution is 9.10. The molecule has 0 aliphatic heterocycles. The van der Waals surface area contributed by atoms with Gasteiger partial charge < -0.3 is 0 Å². The number of halogens is 2. The number of hydrogen-bond donors (Lipinski definition) is 0. The number of aromatic nitrogens is 2. The number of carbonyl (C=O) groups is 1. The van der Waals surface area contributed by atoms with Crippen molar-refractivity contribution in [3.8, 4) is 0 Å². The van der Waals surface area contributed by atoms with Gasteiger partial charge in [0, 0.05) is 4.47 Å². The first-order valence-corrected chi connectivity index (χ1v) is 7.16. The van der Waals surface area contributed by atoms with E-state index in [4.69, 9.17) is 11.6 Å². The van der Waals surface area contributed by atoms with Crippen LogP contribution in [-0.4, -0.2) is 16.1 Å². The molecular formula is C14H14BrClN2O. The third kappa shape index (κ3) is 3.07. The zero-order chi connectivity index (χ0) is 14.0. The summed E-state index contributed by atoms with van der Waals surface area (Å²) in [5.74, 6) is 0.168. The van der Waals surface area contributed by atoms with Crippen molar-refractivity contribution < 1.29 is 4.79 Å². The summed E-state index contributed by atoms with van der Waals surface area (Å²) < 4.78 is 2.68. The average Bonchev–Trinajstić information content (AvgIpc) is 2.66. The highest BCUT2D eigenvalue weighted by Gasteiger charge is 2.18. The summed E-state index contributed by atoms with van der Waals surface area (Å²) in [4.78, 5) is 11.1. The van der Waals surface area contributed by atoms with Crippen LogP contribution in [0.5, 0.6) is 0 Å². The molecule has 0 aliphatic carbocycles. The fourth-order valence-electron chi connectivity index (χ4n) is 1.92. The molecule has 0 amide bonds. The van der Waals surface area contributed by atoms with Crippen LogP contribution in [0.1, 0.15) is 41.4 Å². The van der Waals surface area contributed by atoms with Gasteiger partial charge >= 0.3 is 0 Å². The lowest BCUT2D eigenvalue weighted by molar-refractivity contribution is 0.112. The second-order valence-electron chi connectivity index (χ2n) is 4.65. The van der Waals surface area contributed by atoms with E-state index in [0.717, 1.165) is 22.0 Å². The second kappa shape index (κ2) is 5.88. The van der Waals surface area contributed by atoms with Crippen molar-refractivity contribution in [2.24, 2.45) is 0 Å². The molecule has 1 aromatic heterocycles. The van der Waals surface area contributed by atoms with E-state index in [0.29, 0.717) is 17.3 Å². The Bertz CT molecular complexity index is 607. The highest BCUT2D eigenvalue weighted by atomic mass is 79.9. The Morgan fingerprint density at radius 1 is 1.47 bits per heavy atom. The Hall–Kier alpha value is -1.13. The molecule has 0 aliphatic rings. The molecule has 0 atom stereocenters. The SMILES string of the molecule is CC(C)c1nn(Cc2cccc(Br)c2)c(Cl)c1C=O. The van der Waals surface area contributed by atoms with Crippen molar-refractivity contribution >= 4 is 33.8 Å². The third-order valence-electron chi connectivity index (χ3n) is 2.84. The Labute approximate surface area is 125 Å². The topological polar surface area (TPSA) is 34.9 Å². The van der Waals surface area contributed by atoms with E-state index in [-0.39, 0.29) is 5.92 Å². The van der Waals surface area contributed by atoms with E-state index < -0.39 is 0 Å². The minimum Gasteiger partial charge on any atom is -0.298 e. The van der Waals surface area contributed by atoms with Crippen molar-refractivity contribution in [1.29, 1.82) is 0 Å². The molecule has 0 spiro atoms. The summed E-state index contributed by atoms with van der Waals surface area (Å²) in [6.45, 7) is 4.54. The first-order valence-electron chi connectivity index (χ1n) is 5.98. The molecule has 5 heteroatoms. The van der Waals surface area contributed by atoms with Crippen LogP contribution < -0.4 is 0 Å². The molecule has 0 saturated carbocycles. The predicted molar refractivity (Wildman–Crippen MR) is 80.0 cm³/mol. The molecule has 0 bridgehead atoms. The summed E-state index contributed by atoms with van der Waals surface area (Å²) in [7, 11) is 0. The molecule has 0 fully saturated rings. The molecule has 1 heterocycles.